The molecule has 3 amide bonds. The molecule has 31 heteroatoms. The SMILES string of the molecule is NCc1ccc(C(=O)NCc2c(O)ccc3c(-c4cc(C(=O)NCc5ccc(C(=O)NCCOCC#CCc6cn([C@H]7CC[C@@H](COP(OO)(OOO)(P(=O)=O)P(=O)=O)O7)c(=O)[nH]c6=O)cc5)ccc4C(=O)O)c4ccc(=O)cc-4oc23)cc1. The van der Waals surface area contributed by atoms with Crippen LogP contribution < -0.4 is 38.4 Å². The summed E-state index contributed by atoms with van der Waals surface area (Å²) in [4.78, 5) is 92.6. The average Bonchev–Trinajstić information content (AvgIpc) is 1.29. The number of aromatic carboxylic acids is 1. The number of carbonyl (C=O) groups is 4. The van der Waals surface area contributed by atoms with E-state index in [0.29, 0.717) is 22.1 Å². The summed E-state index contributed by atoms with van der Waals surface area (Å²) in [6, 6.07) is 23.8. The predicted molar refractivity (Wildman–Crippen MR) is 293 cm³/mol. The molecule has 4 aromatic carbocycles. The summed E-state index contributed by atoms with van der Waals surface area (Å²) in [5.41, 5.74) is 6.47. The Morgan fingerprint density at radius 1 is 0.786 bits per heavy atom. The molecule has 438 valence electrons. The van der Waals surface area contributed by atoms with E-state index in [0.717, 1.165) is 10.1 Å². The van der Waals surface area contributed by atoms with E-state index in [4.69, 9.17) is 29.4 Å². The van der Waals surface area contributed by atoms with Crippen molar-refractivity contribution in [3.63, 3.8) is 0 Å². The first kappa shape index (κ1) is 61.4. The Labute approximate surface area is 473 Å². The molecular formula is C53H49N6O22P3. The number of nitrogens with zero attached hydrogens (tertiary/aromatic N) is 1. The van der Waals surface area contributed by atoms with Gasteiger partial charge in [-0.25, -0.2) is 4.79 Å². The van der Waals surface area contributed by atoms with Crippen molar-refractivity contribution in [1.82, 2.24) is 25.5 Å². The van der Waals surface area contributed by atoms with Crippen LogP contribution in [-0.4, -0.2) is 86.4 Å². The van der Waals surface area contributed by atoms with Crippen molar-refractivity contribution in [2.24, 2.45) is 5.73 Å². The van der Waals surface area contributed by atoms with E-state index >= 15 is 0 Å². The van der Waals surface area contributed by atoms with Crippen LogP contribution in [0.1, 0.15) is 82.8 Å². The Morgan fingerprint density at radius 3 is 2.12 bits per heavy atom. The van der Waals surface area contributed by atoms with Crippen LogP contribution >= 0.6 is 21.4 Å². The normalized spacial score (nSPS) is 14.4. The third kappa shape index (κ3) is 13.2. The molecule has 10 N–H and O–H groups in total. The van der Waals surface area contributed by atoms with Crippen molar-refractivity contribution in [1.29, 1.82) is 0 Å². The number of aromatic nitrogens is 2. The maximum atomic E-state index is 13.8. The van der Waals surface area contributed by atoms with Gasteiger partial charge < -0.3 is 41.1 Å². The fourth-order valence-electron chi connectivity index (χ4n) is 8.79. The molecule has 28 nitrogen and oxygen atoms in total. The van der Waals surface area contributed by atoms with Gasteiger partial charge >= 0.3 is 179 Å². The molecule has 5 aromatic rings. The van der Waals surface area contributed by atoms with Crippen molar-refractivity contribution < 1.29 is 91.0 Å². The van der Waals surface area contributed by atoms with Crippen LogP contribution in [-0.2, 0) is 72.7 Å². The van der Waals surface area contributed by atoms with Gasteiger partial charge in [0.25, 0.3) is 17.7 Å². The number of phenolic OH excluding ortho intramolecular Hbond substituents is 1. The number of nitrogens with two attached hydrogens (primary N) is 1. The first-order valence-corrected chi connectivity index (χ1v) is 30.7. The van der Waals surface area contributed by atoms with E-state index in [-0.39, 0.29) is 115 Å². The standard InChI is InChI=1S/C53H49N6O22P3/c54-25-30-4-8-33(9-5-30)49(63)57-27-42-43(61)18-17-40-46(39-16-13-36(60)24-44(39)78-47(40)42)41-23-34(12-15-38(41)52(66)67)50(64)56-26-31-6-10-32(11-7-31)48(62)55-20-22-75-21-2-1-3-35-28-59(53(68)58-51(35)65)45-19-14-37(77-45)29-76-84(80-70,81-79-69,82(71)72)83(73)74/h4-13,15-18,23-24,28,37,45,61,69-70H,3,14,19-22,25-27,29,54H2,(H,55,62)(H,56,64)(H,57,63)(H,66,67)(H,58,65,68)/t37-,45+/m0/s1. The number of benzene rings is 5. The van der Waals surface area contributed by atoms with Crippen molar-refractivity contribution in [2.45, 2.75) is 51.2 Å². The summed E-state index contributed by atoms with van der Waals surface area (Å²) < 4.78 is 78.3. The molecule has 1 aromatic heterocycles. The average molecular weight is 1210 g/mol. The van der Waals surface area contributed by atoms with E-state index in [1.165, 1.54) is 54.7 Å². The zero-order valence-electron chi connectivity index (χ0n) is 43.5. The van der Waals surface area contributed by atoms with E-state index in [2.05, 4.69) is 47.2 Å². The molecule has 2 aliphatic heterocycles. The maximum absolute atomic E-state index is 13.8. The monoisotopic (exact) mass is 1210 g/mol. The second-order valence-electron chi connectivity index (χ2n) is 18.4. The van der Waals surface area contributed by atoms with Crippen molar-refractivity contribution in [3.05, 3.63) is 179 Å². The quantitative estimate of drug-likeness (QED) is 0.00810. The minimum absolute atomic E-state index is 0.00245. The van der Waals surface area contributed by atoms with Crippen LogP contribution in [0.2, 0.25) is 0 Å². The maximum Gasteiger partial charge on any atom is 0.336 e. The molecule has 84 heavy (non-hydrogen) atoms. The number of ether oxygens (including phenoxy) is 2. The van der Waals surface area contributed by atoms with Crippen LogP contribution in [0.25, 0.3) is 33.4 Å². The Bertz CT molecular complexity index is 4020. The fraction of sp³-hybridized carbons (Fsp3) is 0.226. The predicted octanol–water partition coefficient (Wildman–Crippen LogP) is 6.21. The van der Waals surface area contributed by atoms with Gasteiger partial charge in [0.05, 0.1) is 24.3 Å². The topological polar surface area (TPSA) is 420 Å². The van der Waals surface area contributed by atoms with Gasteiger partial charge in [-0.15, -0.1) is 0 Å². The smallest absolute Gasteiger partial charge is 0.336 e. The number of aromatic hydroxyl groups is 1. The van der Waals surface area contributed by atoms with Gasteiger partial charge in [0.1, 0.15) is 17.1 Å². The van der Waals surface area contributed by atoms with Gasteiger partial charge in [0, 0.05) is 58.9 Å². The molecule has 1 saturated heterocycles. The molecule has 8 rings (SSSR count). The number of amides is 3. The number of carboxylic acid groups (broad SMARTS) is 1. The number of rotatable bonds is 24. The van der Waals surface area contributed by atoms with Gasteiger partial charge in [-0.05, 0) is 83.4 Å². The van der Waals surface area contributed by atoms with Gasteiger partial charge in [0.2, 0.25) is 0 Å². The van der Waals surface area contributed by atoms with E-state index < -0.39 is 80.7 Å². The molecule has 0 unspecified atom stereocenters. The summed E-state index contributed by atoms with van der Waals surface area (Å²) in [6.45, 7) is -7.38. The number of carboxylic acids is 1. The van der Waals surface area contributed by atoms with Crippen molar-refractivity contribution in [3.8, 4) is 40.0 Å². The molecule has 3 aliphatic rings. The number of carbonyl (C=O) groups excluding carboxylic acids is 3. The minimum Gasteiger partial charge on any atom is -0.478 e. The molecule has 1 fully saturated rings. The van der Waals surface area contributed by atoms with Crippen LogP contribution in [0.5, 0.6) is 5.75 Å². The molecular weight excluding hydrogens is 1170 g/mol. The molecule has 3 heterocycles. The summed E-state index contributed by atoms with van der Waals surface area (Å²) in [6.07, 6.45) is -1.02. The minimum atomic E-state index is -6.55. The molecule has 0 saturated carbocycles. The number of H-pyrrole nitrogens is 1. The summed E-state index contributed by atoms with van der Waals surface area (Å²) in [5, 5.41) is 51.2. The summed E-state index contributed by atoms with van der Waals surface area (Å²) >= 11 is 0. The first-order chi connectivity index (χ1) is 40.3. The van der Waals surface area contributed by atoms with Gasteiger partial charge in [-0.2, -0.15) is 0 Å². The molecule has 1 aliphatic carbocycles. The Hall–Kier alpha value is -8.64. The third-order valence-electron chi connectivity index (χ3n) is 13.1. The first-order valence-electron chi connectivity index (χ1n) is 25.0. The fourth-order valence-corrected chi connectivity index (χ4v) is 13.2. The summed E-state index contributed by atoms with van der Waals surface area (Å²) in [7, 11) is -8.81. The number of fused-ring (bicyclic) bond motifs is 2. The largest absolute Gasteiger partial charge is 0.478 e. The molecule has 0 spiro atoms. The zero-order valence-corrected chi connectivity index (χ0v) is 46.2. The van der Waals surface area contributed by atoms with Crippen LogP contribution in [0, 0.1) is 11.8 Å². The van der Waals surface area contributed by atoms with Crippen LogP contribution in [0.4, 0.5) is 0 Å². The zero-order chi connectivity index (χ0) is 60.3. The molecule has 0 bridgehead atoms. The van der Waals surface area contributed by atoms with E-state index in [9.17, 15) is 67.3 Å². The van der Waals surface area contributed by atoms with Crippen molar-refractivity contribution >= 4 is 56.1 Å². The van der Waals surface area contributed by atoms with Crippen LogP contribution in [0.3, 0.4) is 0 Å². The Kier molecular flexibility index (Phi) is 19.5. The van der Waals surface area contributed by atoms with E-state index in [1.54, 1.807) is 48.5 Å². The second kappa shape index (κ2) is 26.7. The number of hydrogen-bond donors (Lipinski definition) is 9. The van der Waals surface area contributed by atoms with Gasteiger partial charge in [-0.3, -0.25) is 19.2 Å². The number of hydrogen-bond acceptors (Lipinski definition) is 22. The van der Waals surface area contributed by atoms with Crippen molar-refractivity contribution in [2.75, 3.05) is 26.4 Å². The van der Waals surface area contributed by atoms with Gasteiger partial charge in [-0.1, -0.05) is 24.3 Å². The number of nitrogens with one attached hydrogen (secondary N) is 4. The second-order valence-corrected chi connectivity index (χ2v) is 28.5. The number of aromatic amines is 1. The number of phenols is 1. The van der Waals surface area contributed by atoms with E-state index in [1.807, 2.05) is 0 Å². The third-order valence-corrected chi connectivity index (χ3v) is 22.9. The summed E-state index contributed by atoms with van der Waals surface area (Å²) in [5.74, 6) is 2.44. The van der Waals surface area contributed by atoms with Gasteiger partial charge in [0.15, 0.2) is 5.43 Å². The Morgan fingerprint density at radius 2 is 1.45 bits per heavy atom. The van der Waals surface area contributed by atoms with Crippen LogP contribution in [0.15, 0.2) is 122 Å². The molecule has 2 atom stereocenters. The Balaban J connectivity index is 0.843. The molecule has 0 radical (unpaired) electrons.